The minimum atomic E-state index is -4.62. The summed E-state index contributed by atoms with van der Waals surface area (Å²) >= 11 is 0. The lowest BCUT2D eigenvalue weighted by Crippen LogP contribution is -2.22. The zero-order chi connectivity index (χ0) is 24.3. The fourth-order valence-electron chi connectivity index (χ4n) is 4.13. The number of carbonyl (C=O) groups is 1. The molecule has 1 N–H and O–H groups in total. The molecule has 1 amide bonds. The molecule has 1 aromatic carbocycles. The molecular weight excluding hydrogens is 454 g/mol. The van der Waals surface area contributed by atoms with Crippen LogP contribution in [0.1, 0.15) is 39.4 Å². The van der Waals surface area contributed by atoms with Crippen LogP contribution in [0.4, 0.5) is 23.2 Å². The van der Waals surface area contributed by atoms with Gasteiger partial charge < -0.3 is 10.1 Å². The predicted octanol–water partition coefficient (Wildman–Crippen LogP) is 4.28. The Morgan fingerprint density at radius 3 is 2.74 bits per heavy atom. The van der Waals surface area contributed by atoms with Crippen LogP contribution in [0.5, 0.6) is 5.88 Å². The number of nitrogens with zero attached hydrogens (tertiary/aromatic N) is 4. The number of benzene rings is 1. The van der Waals surface area contributed by atoms with Gasteiger partial charge in [-0.05, 0) is 60.3 Å². The maximum atomic E-state index is 13.8. The Balaban J connectivity index is 1.54. The number of ether oxygens (including phenoxy) is 1. The monoisotopic (exact) mass is 475 g/mol. The number of amides is 1. The Morgan fingerprint density at radius 1 is 1.21 bits per heavy atom. The van der Waals surface area contributed by atoms with E-state index in [0.29, 0.717) is 36.8 Å². The van der Waals surface area contributed by atoms with Crippen LogP contribution in [0, 0.1) is 5.82 Å². The highest BCUT2D eigenvalue weighted by atomic mass is 19.4. The molecule has 178 valence electrons. The third-order valence-electron chi connectivity index (χ3n) is 5.61. The summed E-state index contributed by atoms with van der Waals surface area (Å²) in [5, 5.41) is 10.2. The third-order valence-corrected chi connectivity index (χ3v) is 5.61. The van der Waals surface area contributed by atoms with E-state index in [-0.39, 0.29) is 29.5 Å². The molecule has 2 aromatic heterocycles. The summed E-state index contributed by atoms with van der Waals surface area (Å²) in [6.07, 6.45) is 0.439. The first kappa shape index (κ1) is 23.6. The molecule has 0 aliphatic carbocycles. The van der Waals surface area contributed by atoms with E-state index in [1.54, 1.807) is 18.3 Å². The van der Waals surface area contributed by atoms with Crippen LogP contribution >= 0.6 is 0 Å². The number of nitrogens with one attached hydrogen (secondary N) is 1. The van der Waals surface area contributed by atoms with E-state index in [0.717, 1.165) is 12.1 Å². The van der Waals surface area contributed by atoms with Gasteiger partial charge in [0.05, 0.1) is 30.8 Å². The summed E-state index contributed by atoms with van der Waals surface area (Å²) in [5.74, 6) is -1.28. The lowest BCUT2D eigenvalue weighted by atomic mass is 9.94. The Morgan fingerprint density at radius 2 is 2.03 bits per heavy atom. The maximum absolute atomic E-state index is 13.8. The van der Waals surface area contributed by atoms with Gasteiger partial charge >= 0.3 is 6.18 Å². The van der Waals surface area contributed by atoms with Crippen LogP contribution < -0.4 is 10.1 Å². The minimum Gasteiger partial charge on any atom is -0.480 e. The fraction of sp³-hybridized carbons (Fsp3) is 0.304. The highest BCUT2D eigenvalue weighted by Gasteiger charge is 2.33. The number of carbonyl (C=O) groups excluding carboxylic acids is 1. The van der Waals surface area contributed by atoms with Crippen molar-refractivity contribution in [2.24, 2.45) is 0 Å². The van der Waals surface area contributed by atoms with Gasteiger partial charge in [0.1, 0.15) is 11.4 Å². The Hall–Kier alpha value is -3.60. The fourth-order valence-corrected chi connectivity index (χ4v) is 4.13. The van der Waals surface area contributed by atoms with Crippen LogP contribution in [0.25, 0.3) is 0 Å². The molecule has 0 spiro atoms. The second-order valence-electron chi connectivity index (χ2n) is 7.94. The smallest absolute Gasteiger partial charge is 0.416 e. The molecule has 1 aliphatic heterocycles. The van der Waals surface area contributed by atoms with Crippen molar-refractivity contribution in [3.8, 4) is 5.88 Å². The second-order valence-corrected chi connectivity index (χ2v) is 7.94. The van der Waals surface area contributed by atoms with Gasteiger partial charge in [0.2, 0.25) is 5.88 Å². The number of rotatable bonds is 6. The number of likely N-dealkylation sites (tertiary alicyclic amines) is 1. The first-order chi connectivity index (χ1) is 16.2. The molecule has 1 aliphatic rings. The SMILES string of the molecule is COc1nccc(C2CCN(Cc3cc(F)cc(C(F)(F)F)c3)C2)c1C(=O)Nc1ccnnc1. The summed E-state index contributed by atoms with van der Waals surface area (Å²) in [7, 11) is 1.42. The molecule has 1 atom stereocenters. The molecule has 4 rings (SSSR count). The van der Waals surface area contributed by atoms with Crippen LogP contribution in [0.2, 0.25) is 0 Å². The van der Waals surface area contributed by atoms with Crippen molar-refractivity contribution in [1.82, 2.24) is 20.1 Å². The zero-order valence-corrected chi connectivity index (χ0v) is 18.1. The van der Waals surface area contributed by atoms with Crippen molar-refractivity contribution in [3.05, 3.63) is 77.0 Å². The molecular formula is C23H21F4N5O2. The Labute approximate surface area is 192 Å². The van der Waals surface area contributed by atoms with Crippen molar-refractivity contribution in [1.29, 1.82) is 0 Å². The molecule has 3 heterocycles. The number of methoxy groups -OCH3 is 1. The first-order valence-electron chi connectivity index (χ1n) is 10.4. The second kappa shape index (κ2) is 9.72. The van der Waals surface area contributed by atoms with Gasteiger partial charge in [0.15, 0.2) is 0 Å². The number of aromatic nitrogens is 3. The van der Waals surface area contributed by atoms with Crippen molar-refractivity contribution in [3.63, 3.8) is 0 Å². The quantitative estimate of drug-likeness (QED) is 0.536. The van der Waals surface area contributed by atoms with Crippen LogP contribution in [0.3, 0.4) is 0 Å². The van der Waals surface area contributed by atoms with Crippen molar-refractivity contribution >= 4 is 11.6 Å². The average Bonchev–Trinajstić information content (AvgIpc) is 3.26. The molecule has 0 radical (unpaired) electrons. The predicted molar refractivity (Wildman–Crippen MR) is 115 cm³/mol. The van der Waals surface area contributed by atoms with Gasteiger partial charge in [-0.3, -0.25) is 9.69 Å². The van der Waals surface area contributed by atoms with E-state index in [2.05, 4.69) is 20.5 Å². The van der Waals surface area contributed by atoms with Crippen molar-refractivity contribution < 1.29 is 27.1 Å². The number of pyridine rings is 1. The molecule has 1 unspecified atom stereocenters. The summed E-state index contributed by atoms with van der Waals surface area (Å²) in [6, 6.07) is 5.90. The lowest BCUT2D eigenvalue weighted by molar-refractivity contribution is -0.137. The molecule has 1 fully saturated rings. The molecule has 34 heavy (non-hydrogen) atoms. The maximum Gasteiger partial charge on any atom is 0.416 e. The normalized spacial score (nSPS) is 16.4. The summed E-state index contributed by atoms with van der Waals surface area (Å²) in [4.78, 5) is 19.2. The number of hydrogen-bond donors (Lipinski definition) is 1. The van der Waals surface area contributed by atoms with Gasteiger partial charge in [-0.15, -0.1) is 0 Å². The van der Waals surface area contributed by atoms with Gasteiger partial charge in [-0.1, -0.05) is 0 Å². The molecule has 7 nitrogen and oxygen atoms in total. The van der Waals surface area contributed by atoms with Crippen LogP contribution in [0.15, 0.2) is 48.9 Å². The van der Waals surface area contributed by atoms with E-state index in [4.69, 9.17) is 4.74 Å². The lowest BCUT2D eigenvalue weighted by Gasteiger charge is -2.19. The molecule has 1 saturated heterocycles. The van der Waals surface area contributed by atoms with Crippen molar-refractivity contribution in [2.75, 3.05) is 25.5 Å². The third kappa shape index (κ3) is 5.30. The van der Waals surface area contributed by atoms with E-state index >= 15 is 0 Å². The molecule has 0 bridgehead atoms. The average molecular weight is 475 g/mol. The van der Waals surface area contributed by atoms with Crippen molar-refractivity contribution in [2.45, 2.75) is 25.1 Å². The summed E-state index contributed by atoms with van der Waals surface area (Å²) in [5.41, 5.74) is 0.671. The summed E-state index contributed by atoms with van der Waals surface area (Å²) in [6.45, 7) is 1.20. The summed E-state index contributed by atoms with van der Waals surface area (Å²) < 4.78 is 58.3. The van der Waals surface area contributed by atoms with Crippen LogP contribution in [-0.2, 0) is 12.7 Å². The first-order valence-corrected chi connectivity index (χ1v) is 10.4. The highest BCUT2D eigenvalue weighted by Crippen LogP contribution is 2.35. The van der Waals surface area contributed by atoms with Gasteiger partial charge in [0, 0.05) is 19.3 Å². The number of alkyl halides is 3. The highest BCUT2D eigenvalue weighted by molar-refractivity contribution is 6.07. The van der Waals surface area contributed by atoms with Gasteiger partial charge in [0.25, 0.3) is 5.91 Å². The van der Waals surface area contributed by atoms with E-state index < -0.39 is 23.5 Å². The molecule has 11 heteroatoms. The molecule has 3 aromatic rings. The Bertz CT molecular complexity index is 1170. The number of anilines is 1. The minimum absolute atomic E-state index is 0.0936. The van der Waals surface area contributed by atoms with Gasteiger partial charge in [-0.2, -0.15) is 23.4 Å². The van der Waals surface area contributed by atoms with Gasteiger partial charge in [-0.25, -0.2) is 9.37 Å². The molecule has 0 saturated carbocycles. The zero-order valence-electron chi connectivity index (χ0n) is 18.1. The number of halogens is 4. The standard InChI is InChI=1S/C23H21F4N5O2/c1-34-22-20(21(33)31-18-2-6-29-30-11-18)19(3-5-28-22)15-4-7-32(13-15)12-14-8-16(23(25,26)27)10-17(24)9-14/h2-3,5-6,8-11,15H,4,7,12-13H2,1H3,(H,29,31,33). The number of hydrogen-bond acceptors (Lipinski definition) is 6. The Kier molecular flexibility index (Phi) is 6.73. The van der Waals surface area contributed by atoms with E-state index in [1.165, 1.54) is 19.5 Å². The topological polar surface area (TPSA) is 80.2 Å². The van der Waals surface area contributed by atoms with Crippen LogP contribution in [-0.4, -0.2) is 46.2 Å². The van der Waals surface area contributed by atoms with E-state index in [1.807, 2.05) is 4.90 Å². The van der Waals surface area contributed by atoms with E-state index in [9.17, 15) is 22.4 Å². The largest absolute Gasteiger partial charge is 0.480 e.